The van der Waals surface area contributed by atoms with Crippen LogP contribution in [0.15, 0.2) is 66.7 Å². The van der Waals surface area contributed by atoms with Gasteiger partial charge in [-0.2, -0.15) is 0 Å². The number of hydrogen-bond acceptors (Lipinski definition) is 0. The second-order valence-corrected chi connectivity index (χ2v) is 3.76. The third-order valence-corrected chi connectivity index (χ3v) is 2.58. The molecule has 0 aliphatic heterocycles. The Kier molecular flexibility index (Phi) is 3.55. The van der Waals surface area contributed by atoms with Crippen LogP contribution in [0.5, 0.6) is 0 Å². The first-order valence-corrected chi connectivity index (χ1v) is 5.73. The highest BCUT2D eigenvalue weighted by Gasteiger charge is 2.02. The molecule has 0 radical (unpaired) electrons. The van der Waals surface area contributed by atoms with Crippen LogP contribution in [-0.4, -0.2) is 0 Å². The lowest BCUT2D eigenvalue weighted by molar-refractivity contribution is 1.22. The fourth-order valence-corrected chi connectivity index (χ4v) is 1.84. The zero-order valence-corrected chi connectivity index (χ0v) is 9.56. The maximum atomic E-state index is 2.28. The van der Waals surface area contributed by atoms with Gasteiger partial charge in [0.15, 0.2) is 0 Å². The van der Waals surface area contributed by atoms with Crippen molar-refractivity contribution in [1.29, 1.82) is 0 Å². The Labute approximate surface area is 97.3 Å². The van der Waals surface area contributed by atoms with E-state index < -0.39 is 0 Å². The first kappa shape index (κ1) is 10.7. The Hall–Kier alpha value is -1.82. The lowest BCUT2D eigenvalue weighted by Crippen LogP contribution is -1.87. The van der Waals surface area contributed by atoms with E-state index in [4.69, 9.17) is 0 Å². The van der Waals surface area contributed by atoms with Gasteiger partial charge in [0.05, 0.1) is 0 Å². The molecule has 0 atom stereocenters. The Balaban J connectivity index is 2.44. The number of rotatable bonds is 3. The van der Waals surface area contributed by atoms with Gasteiger partial charge >= 0.3 is 0 Å². The van der Waals surface area contributed by atoms with Crippen molar-refractivity contribution in [3.05, 3.63) is 77.9 Å². The molecule has 0 heteroatoms. The second kappa shape index (κ2) is 5.32. The first-order chi connectivity index (χ1) is 7.92. The Morgan fingerprint density at radius 1 is 0.812 bits per heavy atom. The number of benzene rings is 2. The van der Waals surface area contributed by atoms with Crippen LogP contribution in [0.2, 0.25) is 0 Å². The van der Waals surface area contributed by atoms with Crippen molar-refractivity contribution in [2.75, 3.05) is 0 Å². The van der Waals surface area contributed by atoms with Crippen LogP contribution < -0.4 is 0 Å². The molecule has 2 rings (SSSR count). The van der Waals surface area contributed by atoms with Crippen molar-refractivity contribution in [2.45, 2.75) is 13.3 Å². The van der Waals surface area contributed by atoms with E-state index >= 15 is 0 Å². The summed E-state index contributed by atoms with van der Waals surface area (Å²) in [6.45, 7) is 2.17. The summed E-state index contributed by atoms with van der Waals surface area (Å²) in [6, 6.07) is 21.1. The van der Waals surface area contributed by atoms with Crippen LogP contribution in [0.1, 0.15) is 24.5 Å². The van der Waals surface area contributed by atoms with Crippen LogP contribution in [0.4, 0.5) is 0 Å². The standard InChI is InChI=1S/C16H16/c1-2-9-16(14-10-5-3-6-11-14)15-12-7-4-8-13-15/h3-13H,2H2,1H3. The minimum Gasteiger partial charge on any atom is -0.0763 e. The monoisotopic (exact) mass is 208 g/mol. The molecule has 0 saturated carbocycles. The van der Waals surface area contributed by atoms with E-state index in [1.807, 2.05) is 0 Å². The molecule has 0 aliphatic carbocycles. The summed E-state index contributed by atoms with van der Waals surface area (Å²) in [5.74, 6) is 0. The molecule has 0 aliphatic rings. The summed E-state index contributed by atoms with van der Waals surface area (Å²) in [5, 5.41) is 0. The van der Waals surface area contributed by atoms with E-state index in [1.54, 1.807) is 0 Å². The minimum atomic E-state index is 1.05. The van der Waals surface area contributed by atoms with Gasteiger partial charge in [-0.3, -0.25) is 0 Å². The molecule has 0 N–H and O–H groups in total. The number of allylic oxidation sites excluding steroid dienone is 1. The average Bonchev–Trinajstić information content (AvgIpc) is 2.38. The van der Waals surface area contributed by atoms with Gasteiger partial charge in [-0.15, -0.1) is 0 Å². The molecule has 0 aromatic heterocycles. The predicted octanol–water partition coefficient (Wildman–Crippen LogP) is 4.53. The molecular formula is C16H16. The van der Waals surface area contributed by atoms with E-state index in [2.05, 4.69) is 73.7 Å². The Morgan fingerprint density at radius 2 is 1.25 bits per heavy atom. The van der Waals surface area contributed by atoms with Gasteiger partial charge in [-0.1, -0.05) is 73.7 Å². The molecule has 2 aromatic carbocycles. The first-order valence-electron chi connectivity index (χ1n) is 5.73. The van der Waals surface area contributed by atoms with Gasteiger partial charge in [0.25, 0.3) is 0 Å². The lowest BCUT2D eigenvalue weighted by Gasteiger charge is -2.07. The van der Waals surface area contributed by atoms with Crippen LogP contribution >= 0.6 is 0 Å². The molecule has 0 fully saturated rings. The summed E-state index contributed by atoms with van der Waals surface area (Å²) in [6.07, 6.45) is 3.34. The van der Waals surface area contributed by atoms with Gasteiger partial charge in [0.2, 0.25) is 0 Å². The minimum absolute atomic E-state index is 1.05. The Bertz CT molecular complexity index is 410. The smallest absolute Gasteiger partial charge is 0.0151 e. The SMILES string of the molecule is CCC=C(c1ccccc1)c1ccccc1. The highest BCUT2D eigenvalue weighted by atomic mass is 14.1. The molecule has 80 valence electrons. The van der Waals surface area contributed by atoms with Crippen molar-refractivity contribution in [2.24, 2.45) is 0 Å². The van der Waals surface area contributed by atoms with Crippen molar-refractivity contribution in [3.8, 4) is 0 Å². The average molecular weight is 208 g/mol. The van der Waals surface area contributed by atoms with Gasteiger partial charge in [-0.05, 0) is 23.1 Å². The lowest BCUT2D eigenvalue weighted by atomic mass is 9.97. The van der Waals surface area contributed by atoms with E-state index in [0.717, 1.165) is 6.42 Å². The fourth-order valence-electron chi connectivity index (χ4n) is 1.84. The van der Waals surface area contributed by atoms with Crippen molar-refractivity contribution in [1.82, 2.24) is 0 Å². The van der Waals surface area contributed by atoms with Crippen molar-refractivity contribution >= 4 is 5.57 Å². The predicted molar refractivity (Wildman–Crippen MR) is 70.3 cm³/mol. The second-order valence-electron chi connectivity index (χ2n) is 3.76. The molecular weight excluding hydrogens is 192 g/mol. The third kappa shape index (κ3) is 2.40. The zero-order valence-electron chi connectivity index (χ0n) is 9.56. The summed E-state index contributed by atoms with van der Waals surface area (Å²) in [7, 11) is 0. The van der Waals surface area contributed by atoms with Crippen LogP contribution in [0, 0.1) is 0 Å². The molecule has 0 bridgehead atoms. The third-order valence-electron chi connectivity index (χ3n) is 2.58. The summed E-state index contributed by atoms with van der Waals surface area (Å²) in [4.78, 5) is 0. The largest absolute Gasteiger partial charge is 0.0763 e. The van der Waals surface area contributed by atoms with Crippen LogP contribution in [-0.2, 0) is 0 Å². The molecule has 0 spiro atoms. The summed E-state index contributed by atoms with van der Waals surface area (Å²) in [5.41, 5.74) is 3.90. The highest BCUT2D eigenvalue weighted by molar-refractivity contribution is 5.79. The normalized spacial score (nSPS) is 9.81. The van der Waals surface area contributed by atoms with Gasteiger partial charge in [0, 0.05) is 0 Å². The molecule has 0 unspecified atom stereocenters. The summed E-state index contributed by atoms with van der Waals surface area (Å²) < 4.78 is 0. The fraction of sp³-hybridized carbons (Fsp3) is 0.125. The maximum Gasteiger partial charge on any atom is -0.0151 e. The van der Waals surface area contributed by atoms with E-state index in [1.165, 1.54) is 16.7 Å². The van der Waals surface area contributed by atoms with E-state index in [0.29, 0.717) is 0 Å². The topological polar surface area (TPSA) is 0 Å². The quantitative estimate of drug-likeness (QED) is 0.695. The van der Waals surface area contributed by atoms with Gasteiger partial charge < -0.3 is 0 Å². The molecule has 0 heterocycles. The molecule has 0 amide bonds. The zero-order chi connectivity index (χ0) is 11.2. The summed E-state index contributed by atoms with van der Waals surface area (Å²) >= 11 is 0. The molecule has 0 nitrogen and oxygen atoms in total. The molecule has 0 saturated heterocycles. The highest BCUT2D eigenvalue weighted by Crippen LogP contribution is 2.23. The van der Waals surface area contributed by atoms with E-state index in [9.17, 15) is 0 Å². The van der Waals surface area contributed by atoms with Gasteiger partial charge in [0.1, 0.15) is 0 Å². The van der Waals surface area contributed by atoms with E-state index in [-0.39, 0.29) is 0 Å². The molecule has 2 aromatic rings. The van der Waals surface area contributed by atoms with Gasteiger partial charge in [-0.25, -0.2) is 0 Å². The van der Waals surface area contributed by atoms with Crippen LogP contribution in [0.3, 0.4) is 0 Å². The van der Waals surface area contributed by atoms with Crippen molar-refractivity contribution in [3.63, 3.8) is 0 Å². The Morgan fingerprint density at radius 3 is 1.62 bits per heavy atom. The number of hydrogen-bond donors (Lipinski definition) is 0. The van der Waals surface area contributed by atoms with Crippen LogP contribution in [0.25, 0.3) is 5.57 Å². The van der Waals surface area contributed by atoms with Crippen molar-refractivity contribution < 1.29 is 0 Å². The molecule has 16 heavy (non-hydrogen) atoms. The maximum absolute atomic E-state index is 2.28.